The molecule has 18 heavy (non-hydrogen) atoms. The van der Waals surface area contributed by atoms with Crippen LogP contribution in [-0.4, -0.2) is 30.2 Å². The van der Waals surface area contributed by atoms with Gasteiger partial charge in [0, 0.05) is 18.0 Å². The van der Waals surface area contributed by atoms with E-state index in [9.17, 15) is 0 Å². The third kappa shape index (κ3) is 2.05. The molecule has 0 radical (unpaired) electrons. The molecule has 88 valence electrons. The molecule has 0 unspecified atom stereocenters. The summed E-state index contributed by atoms with van der Waals surface area (Å²) in [6.45, 7) is 0. The van der Waals surface area contributed by atoms with Gasteiger partial charge in [-0.05, 0) is 29.5 Å². The summed E-state index contributed by atoms with van der Waals surface area (Å²) in [5.74, 6) is 0.489. The number of nitrogens with zero attached hydrogens (tertiary/aromatic N) is 6. The molecule has 0 aliphatic rings. The van der Waals surface area contributed by atoms with Crippen LogP contribution in [-0.2, 0) is 0 Å². The van der Waals surface area contributed by atoms with E-state index in [2.05, 4.69) is 25.4 Å². The van der Waals surface area contributed by atoms with Crippen molar-refractivity contribution >= 4 is 11.6 Å². The summed E-state index contributed by atoms with van der Waals surface area (Å²) in [6.07, 6.45) is 4.95. The third-order valence-corrected chi connectivity index (χ3v) is 2.50. The largest absolute Gasteiger partial charge is 0.262 e. The normalized spacial score (nSPS) is 10.5. The molecule has 0 aliphatic heterocycles. The monoisotopic (exact) mass is 258 g/mol. The Morgan fingerprint density at radius 1 is 1.11 bits per heavy atom. The van der Waals surface area contributed by atoms with Crippen molar-refractivity contribution in [3.63, 3.8) is 0 Å². The maximum Gasteiger partial charge on any atom is 0.206 e. The first-order valence-corrected chi connectivity index (χ1v) is 5.53. The van der Waals surface area contributed by atoms with Gasteiger partial charge in [0.25, 0.3) is 0 Å². The van der Waals surface area contributed by atoms with Crippen molar-refractivity contribution in [2.24, 2.45) is 0 Å². The Hall–Kier alpha value is -2.34. The molecule has 6 nitrogen and oxygen atoms in total. The summed E-state index contributed by atoms with van der Waals surface area (Å²) in [4.78, 5) is 9.38. The van der Waals surface area contributed by atoms with E-state index in [0.717, 1.165) is 11.3 Å². The van der Waals surface area contributed by atoms with Gasteiger partial charge in [-0.25, -0.2) is 4.98 Å². The lowest BCUT2D eigenvalue weighted by Crippen LogP contribution is -1.98. The molecule has 3 aromatic heterocycles. The Kier molecular flexibility index (Phi) is 2.70. The molecule has 0 saturated heterocycles. The first-order chi connectivity index (χ1) is 8.83. The van der Waals surface area contributed by atoms with Crippen molar-refractivity contribution in [3.8, 4) is 17.1 Å². The molecule has 3 rings (SSSR count). The molecule has 7 heteroatoms. The molecule has 0 bridgehead atoms. The molecule has 0 spiro atoms. The predicted octanol–water partition coefficient (Wildman–Crippen LogP) is 1.77. The van der Waals surface area contributed by atoms with Crippen LogP contribution in [0.1, 0.15) is 0 Å². The molecule has 0 atom stereocenters. The van der Waals surface area contributed by atoms with Gasteiger partial charge in [0.05, 0.1) is 6.20 Å². The molecule has 0 fully saturated rings. The Morgan fingerprint density at radius 3 is 2.78 bits per heavy atom. The quantitative estimate of drug-likeness (QED) is 0.655. The maximum atomic E-state index is 5.72. The lowest BCUT2D eigenvalue weighted by atomic mass is 10.3. The molecule has 3 heterocycles. The maximum absolute atomic E-state index is 5.72. The van der Waals surface area contributed by atoms with E-state index >= 15 is 0 Å². The van der Waals surface area contributed by atoms with Crippen molar-refractivity contribution in [1.82, 2.24) is 30.2 Å². The lowest BCUT2D eigenvalue weighted by molar-refractivity contribution is 0.717. The number of rotatable bonds is 2. The van der Waals surface area contributed by atoms with E-state index in [1.54, 1.807) is 30.7 Å². The zero-order chi connectivity index (χ0) is 12.4. The van der Waals surface area contributed by atoms with Gasteiger partial charge in [0.15, 0.2) is 0 Å². The second-order valence-electron chi connectivity index (χ2n) is 3.48. The summed E-state index contributed by atoms with van der Waals surface area (Å²) < 4.78 is 0. The topological polar surface area (TPSA) is 69.4 Å². The van der Waals surface area contributed by atoms with E-state index in [0.29, 0.717) is 11.0 Å². The number of pyridine rings is 2. The minimum Gasteiger partial charge on any atom is -0.262 e. The summed E-state index contributed by atoms with van der Waals surface area (Å²) in [5.41, 5.74) is 1.51. The van der Waals surface area contributed by atoms with Crippen LogP contribution in [0.25, 0.3) is 17.1 Å². The van der Waals surface area contributed by atoms with E-state index in [1.807, 2.05) is 12.1 Å². The van der Waals surface area contributed by atoms with Crippen molar-refractivity contribution in [1.29, 1.82) is 0 Å². The fourth-order valence-electron chi connectivity index (χ4n) is 1.42. The standard InChI is InChI=1S/C11H7ClN6/c12-10-4-3-8(6-14-10)11-15-17-18(16-11)9-2-1-5-13-7-9/h1-7H. The zero-order valence-electron chi connectivity index (χ0n) is 9.10. The van der Waals surface area contributed by atoms with Gasteiger partial charge in [-0.2, -0.15) is 0 Å². The smallest absolute Gasteiger partial charge is 0.206 e. The van der Waals surface area contributed by atoms with E-state index in [4.69, 9.17) is 11.6 Å². The Bertz CT molecular complexity index is 649. The summed E-state index contributed by atoms with van der Waals surface area (Å²) in [6, 6.07) is 7.13. The van der Waals surface area contributed by atoms with Crippen molar-refractivity contribution < 1.29 is 0 Å². The SMILES string of the molecule is Clc1ccc(-c2nnn(-c3cccnc3)n2)cn1. The van der Waals surface area contributed by atoms with Crippen LogP contribution in [0, 0.1) is 0 Å². The highest BCUT2D eigenvalue weighted by Gasteiger charge is 2.07. The molecule has 0 aliphatic carbocycles. The van der Waals surface area contributed by atoms with Crippen LogP contribution in [0.3, 0.4) is 0 Å². The average Bonchev–Trinajstić information content (AvgIpc) is 2.90. The van der Waals surface area contributed by atoms with Crippen LogP contribution < -0.4 is 0 Å². The Balaban J connectivity index is 1.97. The fraction of sp³-hybridized carbons (Fsp3) is 0. The van der Waals surface area contributed by atoms with Gasteiger partial charge < -0.3 is 0 Å². The van der Waals surface area contributed by atoms with Gasteiger partial charge in [-0.15, -0.1) is 15.0 Å². The predicted molar refractivity (Wildman–Crippen MR) is 65.2 cm³/mol. The van der Waals surface area contributed by atoms with E-state index < -0.39 is 0 Å². The molecule has 0 aromatic carbocycles. The average molecular weight is 259 g/mol. The van der Waals surface area contributed by atoms with Crippen LogP contribution in [0.5, 0.6) is 0 Å². The highest BCUT2D eigenvalue weighted by molar-refractivity contribution is 6.29. The summed E-state index contributed by atoms with van der Waals surface area (Å²) in [7, 11) is 0. The second kappa shape index (κ2) is 4.50. The number of hydrogen-bond donors (Lipinski definition) is 0. The van der Waals surface area contributed by atoms with E-state index in [1.165, 1.54) is 4.80 Å². The van der Waals surface area contributed by atoms with Gasteiger partial charge >= 0.3 is 0 Å². The number of tetrazole rings is 1. The van der Waals surface area contributed by atoms with Gasteiger partial charge in [-0.1, -0.05) is 11.6 Å². The zero-order valence-corrected chi connectivity index (χ0v) is 9.86. The van der Waals surface area contributed by atoms with Gasteiger partial charge in [-0.3, -0.25) is 4.98 Å². The van der Waals surface area contributed by atoms with Crippen LogP contribution >= 0.6 is 11.6 Å². The highest BCUT2D eigenvalue weighted by Crippen LogP contribution is 2.15. The van der Waals surface area contributed by atoms with Crippen molar-refractivity contribution in [2.75, 3.05) is 0 Å². The number of hydrogen-bond acceptors (Lipinski definition) is 5. The minimum atomic E-state index is 0.429. The minimum absolute atomic E-state index is 0.429. The molecular weight excluding hydrogens is 252 g/mol. The van der Waals surface area contributed by atoms with Crippen LogP contribution in [0.4, 0.5) is 0 Å². The molecule has 0 saturated carbocycles. The van der Waals surface area contributed by atoms with Crippen LogP contribution in [0.2, 0.25) is 5.15 Å². The molecular formula is C11H7ClN6. The Labute approximate surface area is 107 Å². The third-order valence-electron chi connectivity index (χ3n) is 2.28. The second-order valence-corrected chi connectivity index (χ2v) is 3.87. The molecule has 0 amide bonds. The molecule has 0 N–H and O–H groups in total. The van der Waals surface area contributed by atoms with E-state index in [-0.39, 0.29) is 0 Å². The Morgan fingerprint density at radius 2 is 2.06 bits per heavy atom. The summed E-state index contributed by atoms with van der Waals surface area (Å²) >= 11 is 5.72. The van der Waals surface area contributed by atoms with Gasteiger partial charge in [0.2, 0.25) is 5.82 Å². The van der Waals surface area contributed by atoms with Crippen molar-refractivity contribution in [2.45, 2.75) is 0 Å². The first kappa shape index (κ1) is 10.8. The van der Waals surface area contributed by atoms with Crippen LogP contribution in [0.15, 0.2) is 42.9 Å². The molecule has 3 aromatic rings. The highest BCUT2D eigenvalue weighted by atomic mass is 35.5. The number of aromatic nitrogens is 6. The summed E-state index contributed by atoms with van der Waals surface area (Å²) in [5, 5.41) is 12.6. The van der Waals surface area contributed by atoms with Crippen molar-refractivity contribution in [3.05, 3.63) is 48.0 Å². The van der Waals surface area contributed by atoms with Gasteiger partial charge in [0.1, 0.15) is 10.8 Å². The first-order valence-electron chi connectivity index (χ1n) is 5.15. The lowest BCUT2D eigenvalue weighted by Gasteiger charge is -1.95. The fourth-order valence-corrected chi connectivity index (χ4v) is 1.53. The number of halogens is 1.